The second-order valence-corrected chi connectivity index (χ2v) is 10.4. The van der Waals surface area contributed by atoms with Crippen LogP contribution in [0.15, 0.2) is 0 Å². The van der Waals surface area contributed by atoms with Crippen molar-refractivity contribution in [2.24, 2.45) is 11.8 Å². The first-order chi connectivity index (χ1) is 14.4. The maximum atomic E-state index is 13.4. The summed E-state index contributed by atoms with van der Waals surface area (Å²) in [6.07, 6.45) is 8.42. The third-order valence-corrected chi connectivity index (χ3v) is 7.58. The number of nitrogens with one attached hydrogen (secondary N) is 1. The van der Waals surface area contributed by atoms with E-state index >= 15 is 0 Å². The maximum Gasteiger partial charge on any atom is 0.325 e. The van der Waals surface area contributed by atoms with Crippen molar-refractivity contribution in [1.29, 1.82) is 0 Å². The number of urea groups is 1. The Hall–Kier alpha value is -1.63. The number of hydrogen-bond donors (Lipinski definition) is 1. The predicted octanol–water partition coefficient (Wildman–Crippen LogP) is 2.60. The monoisotopic (exact) mass is 418 g/mol. The Balaban J connectivity index is 1.37. The van der Waals surface area contributed by atoms with Gasteiger partial charge in [-0.05, 0) is 50.4 Å². The van der Waals surface area contributed by atoms with E-state index in [1.165, 1.54) is 17.7 Å². The Morgan fingerprint density at radius 2 is 1.77 bits per heavy atom. The molecule has 0 unspecified atom stereocenters. The Bertz CT molecular complexity index is 665. The summed E-state index contributed by atoms with van der Waals surface area (Å²) in [5.41, 5.74) is -0.735. The van der Waals surface area contributed by atoms with Crippen LogP contribution in [0.4, 0.5) is 4.79 Å². The Morgan fingerprint density at radius 1 is 1.07 bits per heavy atom. The number of imide groups is 1. The average molecular weight is 419 g/mol. The summed E-state index contributed by atoms with van der Waals surface area (Å²) in [6, 6.07) is -0.445. The third-order valence-electron chi connectivity index (χ3n) is 7.58. The molecule has 7 heteroatoms. The summed E-state index contributed by atoms with van der Waals surface area (Å²) >= 11 is 0. The van der Waals surface area contributed by atoms with E-state index < -0.39 is 5.54 Å². The van der Waals surface area contributed by atoms with Gasteiger partial charge >= 0.3 is 6.03 Å². The molecule has 1 saturated carbocycles. The molecule has 4 rings (SSSR count). The van der Waals surface area contributed by atoms with Crippen molar-refractivity contribution in [2.45, 2.75) is 83.2 Å². The molecule has 0 bridgehead atoms. The highest BCUT2D eigenvalue weighted by Crippen LogP contribution is 2.33. The molecule has 1 N–H and O–H groups in total. The quantitative estimate of drug-likeness (QED) is 0.697. The molecule has 168 valence electrons. The molecule has 7 nitrogen and oxygen atoms in total. The molecule has 1 spiro atoms. The molecule has 4 aliphatic rings. The zero-order chi connectivity index (χ0) is 21.3. The topological polar surface area (TPSA) is 73.0 Å². The number of carbonyl (C=O) groups excluding carboxylic acids is 3. The van der Waals surface area contributed by atoms with E-state index in [0.29, 0.717) is 37.6 Å². The Labute approximate surface area is 180 Å². The minimum absolute atomic E-state index is 0.0632. The van der Waals surface area contributed by atoms with Gasteiger partial charge in [-0.25, -0.2) is 4.79 Å². The van der Waals surface area contributed by atoms with Gasteiger partial charge in [-0.3, -0.25) is 14.5 Å². The first-order valence-corrected chi connectivity index (χ1v) is 12.0. The van der Waals surface area contributed by atoms with E-state index in [4.69, 9.17) is 0 Å². The van der Waals surface area contributed by atoms with Crippen LogP contribution in [-0.4, -0.2) is 76.8 Å². The van der Waals surface area contributed by atoms with Gasteiger partial charge in [-0.1, -0.05) is 26.7 Å². The molecule has 3 saturated heterocycles. The smallest absolute Gasteiger partial charge is 0.325 e. The lowest BCUT2D eigenvalue weighted by atomic mass is 9.86. The first-order valence-electron chi connectivity index (χ1n) is 12.0. The molecule has 1 aliphatic carbocycles. The van der Waals surface area contributed by atoms with Gasteiger partial charge in [0.25, 0.3) is 5.91 Å². The average Bonchev–Trinajstić information content (AvgIpc) is 3.30. The van der Waals surface area contributed by atoms with Crippen molar-refractivity contribution in [3.8, 4) is 0 Å². The van der Waals surface area contributed by atoms with Crippen LogP contribution in [0.5, 0.6) is 0 Å². The summed E-state index contributed by atoms with van der Waals surface area (Å²) in [7, 11) is 0. The van der Waals surface area contributed by atoms with Crippen LogP contribution < -0.4 is 5.32 Å². The van der Waals surface area contributed by atoms with Gasteiger partial charge in [0.2, 0.25) is 5.91 Å². The molecule has 3 heterocycles. The lowest BCUT2D eigenvalue weighted by Crippen LogP contribution is -2.56. The minimum atomic E-state index is -0.735. The number of amides is 4. The highest BCUT2D eigenvalue weighted by atomic mass is 16.2. The van der Waals surface area contributed by atoms with E-state index in [2.05, 4.69) is 24.1 Å². The maximum absolute atomic E-state index is 13.4. The summed E-state index contributed by atoms with van der Waals surface area (Å²) < 4.78 is 0. The SMILES string of the molecule is CC(C)CN1CCC2(CC1)NC(=O)N([C@@H]1CCCN(C(=O)CC3CCCC3)C1)C2=O. The lowest BCUT2D eigenvalue weighted by Gasteiger charge is -2.39. The highest BCUT2D eigenvalue weighted by Gasteiger charge is 2.54. The molecule has 4 fully saturated rings. The fraction of sp³-hybridized carbons (Fsp3) is 0.870. The zero-order valence-electron chi connectivity index (χ0n) is 18.7. The van der Waals surface area contributed by atoms with E-state index in [-0.39, 0.29) is 23.9 Å². The van der Waals surface area contributed by atoms with Crippen LogP contribution in [0.3, 0.4) is 0 Å². The number of nitrogens with zero attached hydrogens (tertiary/aromatic N) is 3. The van der Waals surface area contributed by atoms with E-state index in [9.17, 15) is 14.4 Å². The van der Waals surface area contributed by atoms with E-state index in [1.54, 1.807) is 0 Å². The van der Waals surface area contributed by atoms with E-state index in [0.717, 1.165) is 51.9 Å². The lowest BCUT2D eigenvalue weighted by molar-refractivity contribution is -0.139. The fourth-order valence-corrected chi connectivity index (χ4v) is 5.93. The van der Waals surface area contributed by atoms with Crippen LogP contribution in [0.1, 0.15) is 71.6 Å². The number of hydrogen-bond acceptors (Lipinski definition) is 4. The molecule has 0 aromatic carbocycles. The van der Waals surface area contributed by atoms with Gasteiger partial charge in [0.15, 0.2) is 0 Å². The van der Waals surface area contributed by atoms with Crippen LogP contribution in [-0.2, 0) is 9.59 Å². The largest absolute Gasteiger partial charge is 0.341 e. The van der Waals surface area contributed by atoms with Crippen LogP contribution >= 0.6 is 0 Å². The van der Waals surface area contributed by atoms with Gasteiger partial charge in [0.05, 0.1) is 6.04 Å². The van der Waals surface area contributed by atoms with Gasteiger partial charge in [-0.15, -0.1) is 0 Å². The standard InChI is InChI=1S/C23H38N4O3/c1-17(2)15-25-12-9-23(10-13-25)21(29)27(22(30)24-23)19-8-5-11-26(16-19)20(28)14-18-6-3-4-7-18/h17-19H,3-16H2,1-2H3,(H,24,30)/t19-/m1/s1. The molecular weight excluding hydrogens is 380 g/mol. The van der Waals surface area contributed by atoms with Crippen molar-refractivity contribution in [3.63, 3.8) is 0 Å². The van der Waals surface area contributed by atoms with Crippen LogP contribution in [0, 0.1) is 11.8 Å². The molecular formula is C23H38N4O3. The summed E-state index contributed by atoms with van der Waals surface area (Å²) in [6.45, 7) is 8.38. The van der Waals surface area contributed by atoms with Gasteiger partial charge in [-0.2, -0.15) is 0 Å². The van der Waals surface area contributed by atoms with Crippen molar-refractivity contribution in [3.05, 3.63) is 0 Å². The normalized spacial score (nSPS) is 28.0. The van der Waals surface area contributed by atoms with Crippen LogP contribution in [0.2, 0.25) is 0 Å². The molecule has 1 atom stereocenters. The number of rotatable bonds is 5. The molecule has 3 aliphatic heterocycles. The number of carbonyl (C=O) groups is 3. The number of likely N-dealkylation sites (tertiary alicyclic amines) is 2. The molecule has 0 aromatic rings. The van der Waals surface area contributed by atoms with Gasteiger partial charge in [0.1, 0.15) is 5.54 Å². The fourth-order valence-electron chi connectivity index (χ4n) is 5.93. The summed E-state index contributed by atoms with van der Waals surface area (Å²) in [4.78, 5) is 44.8. The van der Waals surface area contributed by atoms with Crippen molar-refractivity contribution in [1.82, 2.24) is 20.0 Å². The van der Waals surface area contributed by atoms with Crippen LogP contribution in [0.25, 0.3) is 0 Å². The molecule has 0 radical (unpaired) electrons. The van der Waals surface area contributed by atoms with Crippen molar-refractivity contribution in [2.75, 3.05) is 32.7 Å². The Morgan fingerprint density at radius 3 is 2.43 bits per heavy atom. The second-order valence-electron chi connectivity index (χ2n) is 10.4. The minimum Gasteiger partial charge on any atom is -0.341 e. The van der Waals surface area contributed by atoms with E-state index in [1.807, 2.05) is 4.90 Å². The van der Waals surface area contributed by atoms with Crippen molar-refractivity contribution >= 4 is 17.8 Å². The first kappa shape index (κ1) is 21.6. The molecule has 4 amide bonds. The predicted molar refractivity (Wildman–Crippen MR) is 115 cm³/mol. The molecule has 30 heavy (non-hydrogen) atoms. The highest BCUT2D eigenvalue weighted by molar-refractivity contribution is 6.07. The van der Waals surface area contributed by atoms with Gasteiger partial charge < -0.3 is 15.1 Å². The van der Waals surface area contributed by atoms with Crippen molar-refractivity contribution < 1.29 is 14.4 Å². The molecule has 0 aromatic heterocycles. The third kappa shape index (κ3) is 4.36. The summed E-state index contributed by atoms with van der Waals surface area (Å²) in [5.74, 6) is 1.26. The summed E-state index contributed by atoms with van der Waals surface area (Å²) in [5, 5.41) is 3.05. The van der Waals surface area contributed by atoms with Gasteiger partial charge in [0, 0.05) is 39.1 Å². The number of piperidine rings is 2. The Kier molecular flexibility index (Phi) is 6.37. The second kappa shape index (κ2) is 8.85. The zero-order valence-corrected chi connectivity index (χ0v) is 18.7.